The van der Waals surface area contributed by atoms with E-state index in [4.69, 9.17) is 0 Å². The minimum absolute atomic E-state index is 0.999. The zero-order valence-corrected chi connectivity index (χ0v) is 6.68. The second-order valence-corrected chi connectivity index (χ2v) is 1.91. The summed E-state index contributed by atoms with van der Waals surface area (Å²) in [7, 11) is 0. The van der Waals surface area contributed by atoms with Gasteiger partial charge in [0, 0.05) is 6.54 Å². The van der Waals surface area contributed by atoms with E-state index in [1.807, 2.05) is 4.22 Å². The summed E-state index contributed by atoms with van der Waals surface area (Å²) in [6.45, 7) is 3.17. The molecule has 0 aromatic rings. The van der Waals surface area contributed by atoms with Crippen LogP contribution in [0, 0.1) is 0 Å². The Bertz CT molecular complexity index is 52.0. The van der Waals surface area contributed by atoms with Crippen LogP contribution in [-0.4, -0.2) is 10.8 Å². The summed E-state index contributed by atoms with van der Waals surface area (Å²) in [6, 6.07) is 0. The van der Waals surface area contributed by atoms with Crippen molar-refractivity contribution in [1.82, 2.24) is 0 Å². The minimum Gasteiger partial charge on any atom is -0.287 e. The lowest BCUT2D eigenvalue weighted by atomic mass is 10.3. The highest BCUT2D eigenvalue weighted by molar-refractivity contribution is 14.1. The van der Waals surface area contributed by atoms with Crippen molar-refractivity contribution in [3.63, 3.8) is 0 Å². The van der Waals surface area contributed by atoms with E-state index in [0.29, 0.717) is 0 Å². The lowest BCUT2D eigenvalue weighted by Gasteiger charge is -1.83. The molecule has 0 N–H and O–H groups in total. The molecule has 0 radical (unpaired) electrons. The SMILES string of the molecule is CCCC/N=C\I. The predicted octanol–water partition coefficient (Wildman–Crippen LogP) is 2.25. The van der Waals surface area contributed by atoms with Gasteiger partial charge in [0.25, 0.3) is 0 Å². The molecule has 0 aromatic carbocycles. The van der Waals surface area contributed by atoms with Crippen LogP contribution in [0.1, 0.15) is 19.8 Å². The van der Waals surface area contributed by atoms with Crippen molar-refractivity contribution in [2.75, 3.05) is 6.54 Å². The van der Waals surface area contributed by atoms with Crippen LogP contribution in [0.25, 0.3) is 0 Å². The van der Waals surface area contributed by atoms with Gasteiger partial charge in [0.15, 0.2) is 0 Å². The van der Waals surface area contributed by atoms with Crippen LogP contribution in [0.2, 0.25) is 0 Å². The maximum absolute atomic E-state index is 4.02. The number of aliphatic imine (C=N–C) groups is 1. The largest absolute Gasteiger partial charge is 0.287 e. The van der Waals surface area contributed by atoms with E-state index in [-0.39, 0.29) is 0 Å². The van der Waals surface area contributed by atoms with Crippen LogP contribution < -0.4 is 0 Å². The molecule has 7 heavy (non-hydrogen) atoms. The molecule has 2 heteroatoms. The Morgan fingerprint density at radius 3 is 2.86 bits per heavy atom. The summed E-state index contributed by atoms with van der Waals surface area (Å²) in [5, 5.41) is 0. The molecule has 0 atom stereocenters. The van der Waals surface area contributed by atoms with Crippen LogP contribution in [0.4, 0.5) is 0 Å². The first-order valence-electron chi connectivity index (χ1n) is 2.50. The van der Waals surface area contributed by atoms with Crippen LogP contribution >= 0.6 is 22.6 Å². The van der Waals surface area contributed by atoms with Crippen molar-refractivity contribution >= 4 is 26.8 Å². The number of hydrogen-bond acceptors (Lipinski definition) is 1. The Morgan fingerprint density at radius 1 is 1.71 bits per heavy atom. The smallest absolute Gasteiger partial charge is 0.0595 e. The molecule has 0 heterocycles. The highest BCUT2D eigenvalue weighted by Crippen LogP contribution is 1.85. The van der Waals surface area contributed by atoms with Crippen molar-refractivity contribution in [3.8, 4) is 0 Å². The fourth-order valence-electron chi connectivity index (χ4n) is 0.298. The molecule has 0 saturated heterocycles. The predicted molar refractivity (Wildman–Crippen MR) is 42.3 cm³/mol. The molecular weight excluding hydrogens is 201 g/mol. The van der Waals surface area contributed by atoms with Gasteiger partial charge in [0.05, 0.1) is 4.22 Å². The Hall–Kier alpha value is 0.400. The third-order valence-corrected chi connectivity index (χ3v) is 1.10. The summed E-state index contributed by atoms with van der Waals surface area (Å²) >= 11 is 2.14. The Labute approximate surface area is 58.4 Å². The van der Waals surface area contributed by atoms with Gasteiger partial charge in [-0.2, -0.15) is 0 Å². The summed E-state index contributed by atoms with van der Waals surface area (Å²) < 4.78 is 1.83. The third kappa shape index (κ3) is 6.40. The maximum atomic E-state index is 4.02. The van der Waals surface area contributed by atoms with Crippen LogP contribution in [0.5, 0.6) is 0 Å². The van der Waals surface area contributed by atoms with E-state index in [1.165, 1.54) is 12.8 Å². The quantitative estimate of drug-likeness (QED) is 0.385. The molecule has 0 aliphatic rings. The van der Waals surface area contributed by atoms with Crippen molar-refractivity contribution in [3.05, 3.63) is 0 Å². The molecule has 0 spiro atoms. The minimum atomic E-state index is 0.999. The molecule has 0 fully saturated rings. The third-order valence-electron chi connectivity index (χ3n) is 0.710. The highest BCUT2D eigenvalue weighted by atomic mass is 127. The molecule has 0 saturated carbocycles. The molecule has 0 amide bonds. The zero-order chi connectivity index (χ0) is 5.54. The Kier molecular flexibility index (Phi) is 6.77. The van der Waals surface area contributed by atoms with Gasteiger partial charge in [0.1, 0.15) is 0 Å². The van der Waals surface area contributed by atoms with Crippen molar-refractivity contribution in [2.24, 2.45) is 4.99 Å². The number of unbranched alkanes of at least 4 members (excludes halogenated alkanes) is 1. The van der Waals surface area contributed by atoms with Crippen molar-refractivity contribution < 1.29 is 0 Å². The first-order valence-corrected chi connectivity index (χ1v) is 3.75. The van der Waals surface area contributed by atoms with E-state index in [2.05, 4.69) is 34.5 Å². The molecule has 0 rings (SSSR count). The first kappa shape index (κ1) is 7.40. The molecule has 42 valence electrons. The fraction of sp³-hybridized carbons (Fsp3) is 0.800. The van der Waals surface area contributed by atoms with Crippen molar-refractivity contribution in [1.29, 1.82) is 0 Å². The Morgan fingerprint density at radius 2 is 2.43 bits per heavy atom. The van der Waals surface area contributed by atoms with Gasteiger partial charge in [0.2, 0.25) is 0 Å². The van der Waals surface area contributed by atoms with Gasteiger partial charge < -0.3 is 0 Å². The second-order valence-electron chi connectivity index (χ2n) is 1.36. The lowest BCUT2D eigenvalue weighted by Crippen LogP contribution is -1.75. The van der Waals surface area contributed by atoms with Crippen molar-refractivity contribution in [2.45, 2.75) is 19.8 Å². The van der Waals surface area contributed by atoms with Gasteiger partial charge in [-0.25, -0.2) is 0 Å². The number of rotatable bonds is 3. The maximum Gasteiger partial charge on any atom is 0.0595 e. The summed E-state index contributed by atoms with van der Waals surface area (Å²) in [5.74, 6) is 0. The fourth-order valence-corrected chi connectivity index (χ4v) is 0.577. The van der Waals surface area contributed by atoms with Gasteiger partial charge >= 0.3 is 0 Å². The molecule has 0 unspecified atom stereocenters. The summed E-state index contributed by atoms with van der Waals surface area (Å²) in [4.78, 5) is 4.02. The normalized spacial score (nSPS) is 10.6. The van der Waals surface area contributed by atoms with Crippen LogP contribution in [0.3, 0.4) is 0 Å². The van der Waals surface area contributed by atoms with E-state index >= 15 is 0 Å². The van der Waals surface area contributed by atoms with E-state index in [1.54, 1.807) is 0 Å². The highest BCUT2D eigenvalue weighted by Gasteiger charge is 1.73. The van der Waals surface area contributed by atoms with Gasteiger partial charge in [-0.3, -0.25) is 4.99 Å². The monoisotopic (exact) mass is 211 g/mol. The molecule has 0 aliphatic heterocycles. The van der Waals surface area contributed by atoms with Gasteiger partial charge in [-0.05, 0) is 29.0 Å². The number of halogens is 1. The molecule has 0 bridgehead atoms. The van der Waals surface area contributed by atoms with Gasteiger partial charge in [-0.15, -0.1) is 0 Å². The first-order chi connectivity index (χ1) is 3.41. The van der Waals surface area contributed by atoms with Gasteiger partial charge in [-0.1, -0.05) is 13.3 Å². The molecule has 1 nitrogen and oxygen atoms in total. The average Bonchev–Trinajstić information content (AvgIpc) is 1.69. The molecule has 0 aromatic heterocycles. The molecular formula is C5H10IN. The number of hydrogen-bond donors (Lipinski definition) is 0. The standard InChI is InChI=1S/C5H10IN/c1-2-3-4-7-5-6/h5H,2-4H2,1H3/b7-5-. The number of nitrogens with zero attached hydrogens (tertiary/aromatic N) is 1. The molecule has 0 aliphatic carbocycles. The van der Waals surface area contributed by atoms with E-state index < -0.39 is 0 Å². The zero-order valence-electron chi connectivity index (χ0n) is 4.52. The topological polar surface area (TPSA) is 12.4 Å². The lowest BCUT2D eigenvalue weighted by molar-refractivity contribution is 0.811. The van der Waals surface area contributed by atoms with Crippen LogP contribution in [0.15, 0.2) is 4.99 Å². The average molecular weight is 211 g/mol. The van der Waals surface area contributed by atoms with E-state index in [9.17, 15) is 0 Å². The van der Waals surface area contributed by atoms with E-state index in [0.717, 1.165) is 6.54 Å². The second kappa shape index (κ2) is 6.40. The Balaban J connectivity index is 2.69. The summed E-state index contributed by atoms with van der Waals surface area (Å²) in [6.07, 6.45) is 2.47. The summed E-state index contributed by atoms with van der Waals surface area (Å²) in [5.41, 5.74) is 0. The van der Waals surface area contributed by atoms with Crippen LogP contribution in [-0.2, 0) is 0 Å².